The van der Waals surface area contributed by atoms with E-state index in [1.807, 2.05) is 24.3 Å². The first kappa shape index (κ1) is 13.1. The summed E-state index contributed by atoms with van der Waals surface area (Å²) in [4.78, 5) is 13.7. The summed E-state index contributed by atoms with van der Waals surface area (Å²) >= 11 is 0. The Kier molecular flexibility index (Phi) is 3.92. The minimum Gasteiger partial charge on any atom is -0.486 e. The average molecular weight is 278 g/mol. The number of nitrogens with one attached hydrogen (secondary N) is 1. The smallest absolute Gasteiger partial charge is 0.317 e. The number of urea groups is 1. The van der Waals surface area contributed by atoms with Gasteiger partial charge < -0.3 is 24.4 Å². The van der Waals surface area contributed by atoms with Crippen LogP contribution in [-0.2, 0) is 4.74 Å². The lowest BCUT2D eigenvalue weighted by molar-refractivity contribution is 0.0506. The number of morpholine rings is 1. The summed E-state index contributed by atoms with van der Waals surface area (Å²) in [5, 5.41) is 2.88. The number of carbonyl (C=O) groups excluding carboxylic acids is 1. The third-order valence-electron chi connectivity index (χ3n) is 3.35. The predicted octanol–water partition coefficient (Wildman–Crippen LogP) is 0.868. The fourth-order valence-corrected chi connectivity index (χ4v) is 2.24. The molecule has 1 atom stereocenters. The van der Waals surface area contributed by atoms with Crippen LogP contribution >= 0.6 is 0 Å². The molecule has 1 N–H and O–H groups in total. The normalized spacial score (nSPS) is 21.4. The van der Waals surface area contributed by atoms with Crippen LogP contribution in [0.25, 0.3) is 0 Å². The van der Waals surface area contributed by atoms with E-state index in [2.05, 4.69) is 5.32 Å². The van der Waals surface area contributed by atoms with Gasteiger partial charge in [-0.15, -0.1) is 0 Å². The van der Waals surface area contributed by atoms with Crippen molar-refractivity contribution in [2.75, 3.05) is 39.5 Å². The van der Waals surface area contributed by atoms with Crippen molar-refractivity contribution in [1.29, 1.82) is 0 Å². The molecular weight excluding hydrogens is 260 g/mol. The number of para-hydroxylation sites is 2. The van der Waals surface area contributed by atoms with E-state index < -0.39 is 0 Å². The van der Waals surface area contributed by atoms with Gasteiger partial charge in [0, 0.05) is 13.1 Å². The molecule has 0 saturated carbocycles. The summed E-state index contributed by atoms with van der Waals surface area (Å²) < 4.78 is 16.6. The predicted molar refractivity (Wildman–Crippen MR) is 72.1 cm³/mol. The molecule has 0 spiro atoms. The molecule has 1 fully saturated rings. The van der Waals surface area contributed by atoms with Crippen molar-refractivity contribution in [2.45, 2.75) is 6.10 Å². The van der Waals surface area contributed by atoms with Crippen LogP contribution in [0.2, 0.25) is 0 Å². The van der Waals surface area contributed by atoms with E-state index in [9.17, 15) is 4.79 Å². The largest absolute Gasteiger partial charge is 0.486 e. The lowest BCUT2D eigenvalue weighted by atomic mass is 10.2. The maximum atomic E-state index is 11.9. The van der Waals surface area contributed by atoms with Crippen molar-refractivity contribution in [3.05, 3.63) is 24.3 Å². The van der Waals surface area contributed by atoms with Gasteiger partial charge in [0.1, 0.15) is 6.61 Å². The number of amides is 2. The number of rotatable bonds is 2. The molecule has 2 aliphatic heterocycles. The van der Waals surface area contributed by atoms with Crippen molar-refractivity contribution in [2.24, 2.45) is 0 Å². The van der Waals surface area contributed by atoms with Crippen LogP contribution < -0.4 is 14.8 Å². The Hall–Kier alpha value is -1.95. The molecule has 6 heteroatoms. The maximum Gasteiger partial charge on any atom is 0.317 e. The van der Waals surface area contributed by atoms with E-state index in [1.165, 1.54) is 0 Å². The molecule has 1 aromatic carbocycles. The SMILES string of the molecule is O=C(NCC1COc2ccccc2O1)N1CCOCC1. The Morgan fingerprint density at radius 3 is 2.80 bits per heavy atom. The molecule has 2 heterocycles. The second kappa shape index (κ2) is 6.00. The van der Waals surface area contributed by atoms with Crippen molar-refractivity contribution in [1.82, 2.24) is 10.2 Å². The van der Waals surface area contributed by atoms with Crippen LogP contribution in [0.1, 0.15) is 0 Å². The van der Waals surface area contributed by atoms with E-state index in [0.29, 0.717) is 39.5 Å². The standard InChI is InChI=1S/C14H18N2O4/c17-14(16-5-7-18-8-6-16)15-9-11-10-19-12-3-1-2-4-13(12)20-11/h1-4,11H,5-10H2,(H,15,17). The zero-order valence-corrected chi connectivity index (χ0v) is 11.2. The Morgan fingerprint density at radius 2 is 2.00 bits per heavy atom. The number of benzene rings is 1. The second-order valence-corrected chi connectivity index (χ2v) is 4.78. The molecule has 0 aromatic heterocycles. The molecule has 1 saturated heterocycles. The van der Waals surface area contributed by atoms with Gasteiger partial charge >= 0.3 is 6.03 Å². The third-order valence-corrected chi connectivity index (χ3v) is 3.35. The number of nitrogens with zero attached hydrogens (tertiary/aromatic N) is 1. The first-order valence-corrected chi connectivity index (χ1v) is 6.82. The molecule has 1 aromatic rings. The highest BCUT2D eigenvalue weighted by Crippen LogP contribution is 2.30. The summed E-state index contributed by atoms with van der Waals surface area (Å²) in [7, 11) is 0. The third kappa shape index (κ3) is 2.96. The highest BCUT2D eigenvalue weighted by Gasteiger charge is 2.22. The van der Waals surface area contributed by atoms with Crippen molar-refractivity contribution in [3.63, 3.8) is 0 Å². The van der Waals surface area contributed by atoms with Crippen molar-refractivity contribution >= 4 is 6.03 Å². The van der Waals surface area contributed by atoms with Gasteiger partial charge in [0.15, 0.2) is 17.6 Å². The Morgan fingerprint density at radius 1 is 1.25 bits per heavy atom. The molecule has 2 aliphatic rings. The van der Waals surface area contributed by atoms with Gasteiger partial charge in [-0.25, -0.2) is 4.79 Å². The number of fused-ring (bicyclic) bond motifs is 1. The van der Waals surface area contributed by atoms with E-state index in [4.69, 9.17) is 14.2 Å². The number of carbonyl (C=O) groups is 1. The first-order valence-electron chi connectivity index (χ1n) is 6.82. The Bertz CT molecular complexity index is 474. The zero-order valence-electron chi connectivity index (χ0n) is 11.2. The summed E-state index contributed by atoms with van der Waals surface area (Å²) in [5.74, 6) is 1.48. The molecule has 0 bridgehead atoms. The van der Waals surface area contributed by atoms with E-state index in [1.54, 1.807) is 4.90 Å². The molecule has 1 unspecified atom stereocenters. The van der Waals surface area contributed by atoms with Crippen LogP contribution in [0.5, 0.6) is 11.5 Å². The summed E-state index contributed by atoms with van der Waals surface area (Å²) in [6.45, 7) is 3.35. The molecule has 0 radical (unpaired) electrons. The van der Waals surface area contributed by atoms with Gasteiger partial charge in [-0.1, -0.05) is 12.1 Å². The number of hydrogen-bond acceptors (Lipinski definition) is 4. The number of ether oxygens (including phenoxy) is 3. The molecule has 0 aliphatic carbocycles. The van der Waals surface area contributed by atoms with Crippen LogP contribution in [0.4, 0.5) is 4.79 Å². The summed E-state index contributed by atoms with van der Waals surface area (Å²) in [6.07, 6.45) is -0.158. The molecule has 3 rings (SSSR count). The first-order chi connectivity index (χ1) is 9.83. The quantitative estimate of drug-likeness (QED) is 0.872. The highest BCUT2D eigenvalue weighted by molar-refractivity contribution is 5.74. The monoisotopic (exact) mass is 278 g/mol. The average Bonchev–Trinajstić information content (AvgIpc) is 2.53. The summed E-state index contributed by atoms with van der Waals surface area (Å²) in [6, 6.07) is 7.47. The molecule has 6 nitrogen and oxygen atoms in total. The van der Waals surface area contributed by atoms with Crippen molar-refractivity contribution < 1.29 is 19.0 Å². The summed E-state index contributed by atoms with van der Waals surface area (Å²) in [5.41, 5.74) is 0. The minimum atomic E-state index is -0.158. The molecule has 20 heavy (non-hydrogen) atoms. The molecular formula is C14H18N2O4. The molecule has 108 valence electrons. The van der Waals surface area contributed by atoms with Gasteiger partial charge in [0.25, 0.3) is 0 Å². The van der Waals surface area contributed by atoms with Crippen LogP contribution in [0, 0.1) is 0 Å². The second-order valence-electron chi connectivity index (χ2n) is 4.78. The van der Waals surface area contributed by atoms with Crippen LogP contribution in [-0.4, -0.2) is 56.5 Å². The highest BCUT2D eigenvalue weighted by atomic mass is 16.6. The van der Waals surface area contributed by atoms with Crippen molar-refractivity contribution in [3.8, 4) is 11.5 Å². The van der Waals surface area contributed by atoms with E-state index in [0.717, 1.165) is 11.5 Å². The Balaban J connectivity index is 1.49. The lowest BCUT2D eigenvalue weighted by Crippen LogP contribution is -2.49. The van der Waals surface area contributed by atoms with Gasteiger partial charge in [-0.2, -0.15) is 0 Å². The zero-order chi connectivity index (χ0) is 13.8. The van der Waals surface area contributed by atoms with E-state index >= 15 is 0 Å². The van der Waals surface area contributed by atoms with Gasteiger partial charge in [0.05, 0.1) is 19.8 Å². The lowest BCUT2D eigenvalue weighted by Gasteiger charge is -2.29. The van der Waals surface area contributed by atoms with Crippen LogP contribution in [0.3, 0.4) is 0 Å². The van der Waals surface area contributed by atoms with Gasteiger partial charge in [0.2, 0.25) is 0 Å². The van der Waals surface area contributed by atoms with Gasteiger partial charge in [-0.05, 0) is 12.1 Å². The van der Waals surface area contributed by atoms with E-state index in [-0.39, 0.29) is 12.1 Å². The topological polar surface area (TPSA) is 60.0 Å². The van der Waals surface area contributed by atoms with Gasteiger partial charge in [-0.3, -0.25) is 0 Å². The molecule has 2 amide bonds. The number of hydrogen-bond donors (Lipinski definition) is 1. The Labute approximate surface area is 117 Å². The fourth-order valence-electron chi connectivity index (χ4n) is 2.24. The minimum absolute atomic E-state index is 0.0734. The van der Waals surface area contributed by atoms with Crippen LogP contribution in [0.15, 0.2) is 24.3 Å². The maximum absolute atomic E-state index is 11.9. The fraction of sp³-hybridized carbons (Fsp3) is 0.500.